The molecule has 15 heavy (non-hydrogen) atoms. The lowest BCUT2D eigenvalue weighted by Gasteiger charge is -2.00. The molecule has 2 heterocycles. The van der Waals surface area contributed by atoms with E-state index in [0.717, 1.165) is 23.3 Å². The molecule has 0 aliphatic rings. The van der Waals surface area contributed by atoms with Crippen molar-refractivity contribution in [1.29, 1.82) is 0 Å². The molecule has 0 atom stereocenters. The first-order chi connectivity index (χ1) is 7.31. The van der Waals surface area contributed by atoms with Gasteiger partial charge in [0, 0.05) is 12.4 Å². The van der Waals surface area contributed by atoms with Gasteiger partial charge in [-0.05, 0) is 31.5 Å². The Morgan fingerprint density at radius 2 is 2.07 bits per heavy atom. The molecule has 4 heteroatoms. The molecule has 0 bridgehead atoms. The first-order valence-electron chi connectivity index (χ1n) is 4.86. The Bertz CT molecular complexity index is 433. The lowest BCUT2D eigenvalue weighted by Crippen LogP contribution is -2.03. The Kier molecular flexibility index (Phi) is 2.78. The fourth-order valence-electron chi connectivity index (χ4n) is 1.41. The van der Waals surface area contributed by atoms with Crippen molar-refractivity contribution in [2.75, 3.05) is 6.54 Å². The van der Waals surface area contributed by atoms with Gasteiger partial charge in [0.25, 0.3) is 0 Å². The van der Waals surface area contributed by atoms with Crippen molar-refractivity contribution in [3.05, 3.63) is 36.0 Å². The van der Waals surface area contributed by atoms with Crippen molar-refractivity contribution in [3.63, 3.8) is 0 Å². The van der Waals surface area contributed by atoms with Crippen LogP contribution in [0.4, 0.5) is 0 Å². The highest BCUT2D eigenvalue weighted by molar-refractivity contribution is 5.56. The molecule has 0 aromatic carbocycles. The van der Waals surface area contributed by atoms with E-state index in [0.29, 0.717) is 12.4 Å². The highest BCUT2D eigenvalue weighted by Crippen LogP contribution is 2.19. The summed E-state index contributed by atoms with van der Waals surface area (Å²) in [7, 11) is 0. The first-order valence-corrected chi connectivity index (χ1v) is 4.86. The van der Waals surface area contributed by atoms with E-state index < -0.39 is 0 Å². The highest BCUT2D eigenvalue weighted by atomic mass is 16.3. The molecule has 0 amide bonds. The summed E-state index contributed by atoms with van der Waals surface area (Å²) in [5.41, 5.74) is 7.44. The number of aryl methyl sites for hydroxylation is 1. The Morgan fingerprint density at radius 1 is 1.33 bits per heavy atom. The molecule has 0 fully saturated rings. The van der Waals surface area contributed by atoms with Crippen LogP contribution in [0.1, 0.15) is 11.3 Å². The van der Waals surface area contributed by atoms with E-state index >= 15 is 0 Å². The van der Waals surface area contributed by atoms with Crippen LogP contribution in [0.5, 0.6) is 0 Å². The van der Waals surface area contributed by atoms with Crippen molar-refractivity contribution >= 4 is 0 Å². The molecule has 0 saturated heterocycles. The summed E-state index contributed by atoms with van der Waals surface area (Å²) in [5, 5.41) is 0. The summed E-state index contributed by atoms with van der Waals surface area (Å²) in [6.45, 7) is 2.51. The second-order valence-corrected chi connectivity index (χ2v) is 3.34. The van der Waals surface area contributed by atoms with E-state index in [1.54, 1.807) is 6.26 Å². The van der Waals surface area contributed by atoms with Gasteiger partial charge in [0.2, 0.25) is 0 Å². The van der Waals surface area contributed by atoms with Gasteiger partial charge in [-0.3, -0.25) is 0 Å². The zero-order valence-corrected chi connectivity index (χ0v) is 8.60. The fourth-order valence-corrected chi connectivity index (χ4v) is 1.41. The Hall–Kier alpha value is -1.68. The number of nitrogens with two attached hydrogens (primary N) is 1. The zero-order valence-electron chi connectivity index (χ0n) is 8.60. The number of hydrogen-bond donors (Lipinski definition) is 1. The fraction of sp³-hybridized carbons (Fsp3) is 0.273. The second kappa shape index (κ2) is 4.23. The van der Waals surface area contributed by atoms with Crippen molar-refractivity contribution in [1.82, 2.24) is 9.97 Å². The number of nitrogens with zero attached hydrogens (tertiary/aromatic N) is 2. The summed E-state index contributed by atoms with van der Waals surface area (Å²) in [4.78, 5) is 8.55. The van der Waals surface area contributed by atoms with Crippen molar-refractivity contribution in [2.45, 2.75) is 13.3 Å². The molecule has 2 aromatic rings. The predicted molar refractivity (Wildman–Crippen MR) is 57.2 cm³/mol. The predicted octanol–water partition coefficient (Wildman–Crippen LogP) is 1.55. The lowest BCUT2D eigenvalue weighted by atomic mass is 10.2. The van der Waals surface area contributed by atoms with Crippen LogP contribution in [-0.2, 0) is 6.42 Å². The Labute approximate surface area is 88.2 Å². The van der Waals surface area contributed by atoms with Crippen LogP contribution in [-0.4, -0.2) is 16.5 Å². The molecule has 4 nitrogen and oxygen atoms in total. The second-order valence-electron chi connectivity index (χ2n) is 3.34. The molecule has 0 aliphatic carbocycles. The summed E-state index contributed by atoms with van der Waals surface area (Å²) in [6, 6.07) is 1.87. The maximum Gasteiger partial charge on any atom is 0.162 e. The summed E-state index contributed by atoms with van der Waals surface area (Å²) in [5.74, 6) is 1.53. The lowest BCUT2D eigenvalue weighted by molar-refractivity contribution is 0.535. The molecule has 0 spiro atoms. The number of aromatic nitrogens is 2. The first kappa shape index (κ1) is 9.86. The van der Waals surface area contributed by atoms with Crippen LogP contribution >= 0.6 is 0 Å². The van der Waals surface area contributed by atoms with Gasteiger partial charge in [-0.25, -0.2) is 9.97 Å². The van der Waals surface area contributed by atoms with Gasteiger partial charge in [-0.15, -0.1) is 0 Å². The maximum atomic E-state index is 5.45. The van der Waals surface area contributed by atoms with E-state index in [1.165, 1.54) is 0 Å². The molecule has 2 rings (SSSR count). The minimum Gasteiger partial charge on any atom is -0.469 e. The molecular weight excluding hydrogens is 190 g/mol. The van der Waals surface area contributed by atoms with Gasteiger partial charge in [-0.1, -0.05) is 0 Å². The van der Waals surface area contributed by atoms with E-state index in [4.69, 9.17) is 10.2 Å². The van der Waals surface area contributed by atoms with Crippen LogP contribution in [0.2, 0.25) is 0 Å². The van der Waals surface area contributed by atoms with Crippen molar-refractivity contribution in [3.8, 4) is 11.4 Å². The zero-order chi connectivity index (χ0) is 10.7. The molecule has 0 radical (unpaired) electrons. The van der Waals surface area contributed by atoms with Crippen LogP contribution in [0.15, 0.2) is 29.1 Å². The van der Waals surface area contributed by atoms with Crippen LogP contribution in [0.3, 0.4) is 0 Å². The van der Waals surface area contributed by atoms with Gasteiger partial charge in [0.15, 0.2) is 5.82 Å². The molecule has 2 aromatic heterocycles. The van der Waals surface area contributed by atoms with E-state index in [-0.39, 0.29) is 0 Å². The minimum atomic E-state index is 0.618. The van der Waals surface area contributed by atoms with Gasteiger partial charge in [0.1, 0.15) is 5.76 Å². The molecule has 0 saturated carbocycles. The quantitative estimate of drug-likeness (QED) is 0.821. The van der Waals surface area contributed by atoms with E-state index in [1.807, 2.05) is 25.4 Å². The maximum absolute atomic E-state index is 5.45. The number of furan rings is 1. The van der Waals surface area contributed by atoms with Crippen LogP contribution in [0.25, 0.3) is 11.4 Å². The largest absolute Gasteiger partial charge is 0.469 e. The molecule has 78 valence electrons. The smallest absolute Gasteiger partial charge is 0.162 e. The standard InChI is InChI=1S/C11H13N3O/c1-8-10(3-5-15-8)11-13-6-9(2-4-12)7-14-11/h3,5-7H,2,4,12H2,1H3. The topological polar surface area (TPSA) is 64.9 Å². The summed E-state index contributed by atoms with van der Waals surface area (Å²) < 4.78 is 5.20. The van der Waals surface area contributed by atoms with Gasteiger partial charge in [-0.2, -0.15) is 0 Å². The van der Waals surface area contributed by atoms with Crippen molar-refractivity contribution in [2.24, 2.45) is 5.73 Å². The van der Waals surface area contributed by atoms with Crippen LogP contribution in [0, 0.1) is 6.92 Å². The Balaban J connectivity index is 2.28. The minimum absolute atomic E-state index is 0.618. The third kappa shape index (κ3) is 2.05. The van der Waals surface area contributed by atoms with E-state index in [2.05, 4.69) is 9.97 Å². The summed E-state index contributed by atoms with van der Waals surface area (Å²) >= 11 is 0. The van der Waals surface area contributed by atoms with E-state index in [9.17, 15) is 0 Å². The Morgan fingerprint density at radius 3 is 2.60 bits per heavy atom. The molecule has 0 aliphatic heterocycles. The third-order valence-corrected chi connectivity index (χ3v) is 2.24. The average molecular weight is 203 g/mol. The average Bonchev–Trinajstić information content (AvgIpc) is 2.66. The van der Waals surface area contributed by atoms with Gasteiger partial charge in [0.05, 0.1) is 11.8 Å². The molecule has 0 unspecified atom stereocenters. The molecule has 2 N–H and O–H groups in total. The van der Waals surface area contributed by atoms with Crippen LogP contribution < -0.4 is 5.73 Å². The number of hydrogen-bond acceptors (Lipinski definition) is 4. The SMILES string of the molecule is Cc1occc1-c1ncc(CCN)cn1. The van der Waals surface area contributed by atoms with Gasteiger partial charge >= 0.3 is 0 Å². The summed E-state index contributed by atoms with van der Waals surface area (Å²) in [6.07, 6.45) is 6.07. The number of rotatable bonds is 3. The van der Waals surface area contributed by atoms with Crippen molar-refractivity contribution < 1.29 is 4.42 Å². The van der Waals surface area contributed by atoms with Gasteiger partial charge < -0.3 is 10.2 Å². The highest BCUT2D eigenvalue weighted by Gasteiger charge is 2.06. The monoisotopic (exact) mass is 203 g/mol. The normalized spacial score (nSPS) is 10.5. The molecular formula is C11H13N3O. The third-order valence-electron chi connectivity index (χ3n) is 2.24.